The maximum atomic E-state index is 11.5. The van der Waals surface area contributed by atoms with Gasteiger partial charge in [0.2, 0.25) is 5.91 Å². The largest absolute Gasteiger partial charge is 0.357 e. The van der Waals surface area contributed by atoms with E-state index in [1.807, 2.05) is 13.8 Å². The normalized spacial score (nSPS) is 14.8. The second-order valence-corrected chi connectivity index (χ2v) is 6.72. The van der Waals surface area contributed by atoms with Crippen molar-refractivity contribution in [3.05, 3.63) is 15.6 Å². The van der Waals surface area contributed by atoms with Crippen LogP contribution in [-0.4, -0.2) is 36.5 Å². The van der Waals surface area contributed by atoms with Crippen molar-refractivity contribution in [1.29, 1.82) is 0 Å². The van der Waals surface area contributed by atoms with Gasteiger partial charge < -0.3 is 16.0 Å². The van der Waals surface area contributed by atoms with Gasteiger partial charge in [0, 0.05) is 30.4 Å². The van der Waals surface area contributed by atoms with Crippen LogP contribution in [0.5, 0.6) is 0 Å². The molecule has 0 spiro atoms. The summed E-state index contributed by atoms with van der Waals surface area (Å²) in [6.07, 6.45) is 2.08. The second kappa shape index (κ2) is 8.12. The van der Waals surface area contributed by atoms with Crippen molar-refractivity contribution < 1.29 is 4.79 Å². The molecular weight excluding hydrogens is 298 g/mol. The number of carbonyl (C=O) groups is 1. The fourth-order valence-electron chi connectivity index (χ4n) is 1.95. The minimum atomic E-state index is 0.178. The van der Waals surface area contributed by atoms with E-state index in [2.05, 4.69) is 32.9 Å². The lowest BCUT2D eigenvalue weighted by molar-refractivity contribution is -0.122. The molecule has 0 unspecified atom stereocenters. The van der Waals surface area contributed by atoms with Crippen molar-refractivity contribution in [1.82, 2.24) is 20.9 Å². The molecule has 1 aromatic rings. The molecule has 6 nitrogen and oxygen atoms in total. The summed E-state index contributed by atoms with van der Waals surface area (Å²) >= 11 is 1.69. The molecule has 1 amide bonds. The molecule has 1 saturated carbocycles. The van der Waals surface area contributed by atoms with Crippen molar-refractivity contribution >= 4 is 23.2 Å². The Morgan fingerprint density at radius 3 is 2.59 bits per heavy atom. The number of aryl methyl sites for hydroxylation is 2. The lowest BCUT2D eigenvalue weighted by Crippen LogP contribution is -2.41. The number of guanidine groups is 1. The topological polar surface area (TPSA) is 78.4 Å². The van der Waals surface area contributed by atoms with Crippen LogP contribution in [0.2, 0.25) is 0 Å². The molecule has 1 aliphatic rings. The Morgan fingerprint density at radius 2 is 2.00 bits per heavy atom. The monoisotopic (exact) mass is 323 g/mol. The minimum Gasteiger partial charge on any atom is -0.357 e. The standard InChI is InChI=1S/C15H25N5OS/c1-4-16-15(18-8-7-17-14(21)12-5-6-12)19-9-13-20-10(2)11(3)22-13/h12H,4-9H2,1-3H3,(H,17,21)(H2,16,18,19). The number of hydrogen-bond donors (Lipinski definition) is 3. The first-order valence-corrected chi connectivity index (χ1v) is 8.64. The lowest BCUT2D eigenvalue weighted by atomic mass is 10.4. The summed E-state index contributed by atoms with van der Waals surface area (Å²) in [6, 6.07) is 0. The number of thiazole rings is 1. The number of nitrogens with one attached hydrogen (secondary N) is 3. The molecule has 0 aliphatic heterocycles. The van der Waals surface area contributed by atoms with Crippen LogP contribution in [0, 0.1) is 19.8 Å². The van der Waals surface area contributed by atoms with Gasteiger partial charge in [-0.3, -0.25) is 4.79 Å². The Kier molecular flexibility index (Phi) is 6.18. The van der Waals surface area contributed by atoms with Gasteiger partial charge in [-0.1, -0.05) is 0 Å². The van der Waals surface area contributed by atoms with Gasteiger partial charge in [0.05, 0.1) is 12.2 Å². The molecule has 0 atom stereocenters. The zero-order valence-corrected chi connectivity index (χ0v) is 14.3. The van der Waals surface area contributed by atoms with Crippen molar-refractivity contribution in [2.24, 2.45) is 10.9 Å². The number of carbonyl (C=O) groups excluding carboxylic acids is 1. The quantitative estimate of drug-likeness (QED) is 0.402. The maximum absolute atomic E-state index is 11.5. The Bertz CT molecular complexity index is 517. The lowest BCUT2D eigenvalue weighted by Gasteiger charge is -2.11. The van der Waals surface area contributed by atoms with E-state index in [0.29, 0.717) is 19.6 Å². The average Bonchev–Trinajstić information content (AvgIpc) is 3.28. The molecule has 1 aliphatic carbocycles. The Balaban J connectivity index is 1.75. The zero-order valence-electron chi connectivity index (χ0n) is 13.5. The maximum Gasteiger partial charge on any atom is 0.223 e. The Hall–Kier alpha value is -1.63. The Morgan fingerprint density at radius 1 is 1.27 bits per heavy atom. The van der Waals surface area contributed by atoms with Crippen LogP contribution in [0.1, 0.15) is 35.3 Å². The molecular formula is C15H25N5OS. The van der Waals surface area contributed by atoms with Crippen molar-refractivity contribution in [2.75, 3.05) is 19.6 Å². The average molecular weight is 323 g/mol. The van der Waals surface area contributed by atoms with Gasteiger partial charge >= 0.3 is 0 Å². The van der Waals surface area contributed by atoms with Crippen LogP contribution < -0.4 is 16.0 Å². The SMILES string of the molecule is CCNC(=NCc1nc(C)c(C)s1)NCCNC(=O)C1CC1. The van der Waals surface area contributed by atoms with Gasteiger partial charge in [0.15, 0.2) is 5.96 Å². The number of amides is 1. The van der Waals surface area contributed by atoms with E-state index in [-0.39, 0.29) is 11.8 Å². The van der Waals surface area contributed by atoms with Gasteiger partial charge in [-0.2, -0.15) is 0 Å². The molecule has 0 aromatic carbocycles. The van der Waals surface area contributed by atoms with E-state index in [0.717, 1.165) is 36.0 Å². The van der Waals surface area contributed by atoms with Gasteiger partial charge in [-0.25, -0.2) is 9.98 Å². The van der Waals surface area contributed by atoms with Gasteiger partial charge in [0.25, 0.3) is 0 Å². The number of nitrogens with zero attached hydrogens (tertiary/aromatic N) is 2. The summed E-state index contributed by atoms with van der Waals surface area (Å²) in [5, 5.41) is 10.4. The van der Waals surface area contributed by atoms with Gasteiger partial charge in [-0.05, 0) is 33.6 Å². The molecule has 0 radical (unpaired) electrons. The number of rotatable bonds is 7. The molecule has 122 valence electrons. The summed E-state index contributed by atoms with van der Waals surface area (Å²) in [5.74, 6) is 1.20. The van der Waals surface area contributed by atoms with Crippen LogP contribution in [0.25, 0.3) is 0 Å². The predicted octanol–water partition coefficient (Wildman–Crippen LogP) is 1.34. The van der Waals surface area contributed by atoms with Crippen molar-refractivity contribution in [3.8, 4) is 0 Å². The highest BCUT2D eigenvalue weighted by atomic mass is 32.1. The van der Waals surface area contributed by atoms with Crippen LogP contribution in [0.4, 0.5) is 0 Å². The molecule has 0 saturated heterocycles. The van der Waals surface area contributed by atoms with E-state index < -0.39 is 0 Å². The van der Waals surface area contributed by atoms with E-state index in [1.165, 1.54) is 4.88 Å². The predicted molar refractivity (Wildman–Crippen MR) is 90.1 cm³/mol. The molecule has 1 fully saturated rings. The second-order valence-electron chi connectivity index (χ2n) is 5.44. The van der Waals surface area contributed by atoms with Crippen LogP contribution in [-0.2, 0) is 11.3 Å². The Labute approximate surface area is 135 Å². The first kappa shape index (κ1) is 16.7. The summed E-state index contributed by atoms with van der Waals surface area (Å²) in [6.45, 7) is 8.79. The van der Waals surface area contributed by atoms with Gasteiger partial charge in [-0.15, -0.1) is 11.3 Å². The smallest absolute Gasteiger partial charge is 0.223 e. The first-order chi connectivity index (χ1) is 10.6. The molecule has 3 N–H and O–H groups in total. The third-order valence-electron chi connectivity index (χ3n) is 3.45. The first-order valence-electron chi connectivity index (χ1n) is 7.83. The summed E-state index contributed by atoms with van der Waals surface area (Å²) in [5.41, 5.74) is 1.08. The van der Waals surface area contributed by atoms with Crippen molar-refractivity contribution in [2.45, 2.75) is 40.2 Å². The molecule has 2 rings (SSSR count). The van der Waals surface area contributed by atoms with E-state index in [4.69, 9.17) is 0 Å². The number of hydrogen-bond acceptors (Lipinski definition) is 4. The molecule has 7 heteroatoms. The number of aliphatic imine (C=N–C) groups is 1. The number of aromatic nitrogens is 1. The molecule has 1 heterocycles. The summed E-state index contributed by atoms with van der Waals surface area (Å²) < 4.78 is 0. The van der Waals surface area contributed by atoms with Gasteiger partial charge in [0.1, 0.15) is 5.01 Å². The molecule has 0 bridgehead atoms. The zero-order chi connectivity index (χ0) is 15.9. The molecule has 1 aromatic heterocycles. The van der Waals surface area contributed by atoms with Crippen LogP contribution in [0.15, 0.2) is 4.99 Å². The third-order valence-corrected chi connectivity index (χ3v) is 4.51. The fraction of sp³-hybridized carbons (Fsp3) is 0.667. The van der Waals surface area contributed by atoms with E-state index in [1.54, 1.807) is 11.3 Å². The van der Waals surface area contributed by atoms with Crippen molar-refractivity contribution in [3.63, 3.8) is 0 Å². The van der Waals surface area contributed by atoms with Crippen LogP contribution in [0.3, 0.4) is 0 Å². The summed E-state index contributed by atoms with van der Waals surface area (Å²) in [4.78, 5) is 21.8. The fourth-order valence-corrected chi connectivity index (χ4v) is 2.81. The minimum absolute atomic E-state index is 0.178. The highest BCUT2D eigenvalue weighted by molar-refractivity contribution is 7.11. The van der Waals surface area contributed by atoms with E-state index in [9.17, 15) is 4.79 Å². The molecule has 22 heavy (non-hydrogen) atoms. The third kappa shape index (κ3) is 5.29. The van der Waals surface area contributed by atoms with E-state index >= 15 is 0 Å². The van der Waals surface area contributed by atoms with Crippen LogP contribution >= 0.6 is 11.3 Å². The highest BCUT2D eigenvalue weighted by Crippen LogP contribution is 2.28. The summed E-state index contributed by atoms with van der Waals surface area (Å²) in [7, 11) is 0. The highest BCUT2D eigenvalue weighted by Gasteiger charge is 2.28.